The molecule has 3 aromatic carbocycles. The lowest BCUT2D eigenvalue weighted by Crippen LogP contribution is -2.26. The highest BCUT2D eigenvalue weighted by atomic mass is 19.1. The van der Waals surface area contributed by atoms with E-state index in [-0.39, 0.29) is 24.2 Å². The zero-order valence-corrected chi connectivity index (χ0v) is 18.9. The number of hydrogen-bond donors (Lipinski definition) is 1. The van der Waals surface area contributed by atoms with Crippen LogP contribution in [0, 0.1) is 12.7 Å². The quantitative estimate of drug-likeness (QED) is 0.444. The summed E-state index contributed by atoms with van der Waals surface area (Å²) in [5, 5.41) is 10.8. The van der Waals surface area contributed by atoms with Gasteiger partial charge in [0.25, 0.3) is 0 Å². The van der Waals surface area contributed by atoms with Crippen molar-refractivity contribution < 1.29 is 19.0 Å². The van der Waals surface area contributed by atoms with E-state index in [9.17, 15) is 14.3 Å². The van der Waals surface area contributed by atoms with Gasteiger partial charge in [-0.1, -0.05) is 24.3 Å². The summed E-state index contributed by atoms with van der Waals surface area (Å²) in [4.78, 5) is 19.3. The van der Waals surface area contributed by atoms with Gasteiger partial charge in [-0.05, 0) is 61.0 Å². The van der Waals surface area contributed by atoms with Gasteiger partial charge in [-0.15, -0.1) is 0 Å². The molecule has 1 aromatic heterocycles. The van der Waals surface area contributed by atoms with Crippen molar-refractivity contribution in [3.05, 3.63) is 90.0 Å². The van der Waals surface area contributed by atoms with Crippen LogP contribution >= 0.6 is 0 Å². The summed E-state index contributed by atoms with van der Waals surface area (Å²) in [5.74, 6) is 0.962. The fourth-order valence-corrected chi connectivity index (χ4v) is 4.51. The second-order valence-electron chi connectivity index (χ2n) is 8.73. The Bertz CT molecular complexity index is 1320. The lowest BCUT2D eigenvalue weighted by molar-refractivity contribution is -0.117. The minimum Gasteiger partial charge on any atom is -0.491 e. The number of amides is 1. The number of nitrogens with zero attached hydrogens (tertiary/aromatic N) is 3. The first-order valence-electron chi connectivity index (χ1n) is 11.4. The highest BCUT2D eigenvalue weighted by Crippen LogP contribution is 2.33. The largest absolute Gasteiger partial charge is 0.491 e. The van der Waals surface area contributed by atoms with Crippen molar-refractivity contribution in [2.45, 2.75) is 31.9 Å². The van der Waals surface area contributed by atoms with Gasteiger partial charge in [0.1, 0.15) is 30.1 Å². The Hall–Kier alpha value is -3.71. The number of aliphatic hydroxyl groups excluding tert-OH is 1. The van der Waals surface area contributed by atoms with Crippen LogP contribution in [0.3, 0.4) is 0 Å². The number of anilines is 1. The SMILES string of the molecule is Cc1cccc(OCC(O)Cn2c(C3CC(=O)N(c4ccc(F)cc4)C3)nc3ccccc32)c1. The molecular formula is C27H26FN3O3. The minimum absolute atomic E-state index is 0.0291. The van der Waals surface area contributed by atoms with Gasteiger partial charge in [0.05, 0.1) is 17.6 Å². The normalized spacial score (nSPS) is 16.9. The van der Waals surface area contributed by atoms with Crippen molar-refractivity contribution in [2.24, 2.45) is 0 Å². The van der Waals surface area contributed by atoms with Crippen LogP contribution in [-0.2, 0) is 11.3 Å². The van der Waals surface area contributed by atoms with Crippen molar-refractivity contribution in [3.8, 4) is 5.75 Å². The third-order valence-corrected chi connectivity index (χ3v) is 6.14. The third-order valence-electron chi connectivity index (χ3n) is 6.14. The number of rotatable bonds is 7. The van der Waals surface area contributed by atoms with Crippen LogP contribution < -0.4 is 9.64 Å². The highest BCUT2D eigenvalue weighted by molar-refractivity contribution is 5.96. The van der Waals surface area contributed by atoms with Gasteiger partial charge in [-0.3, -0.25) is 4.79 Å². The van der Waals surface area contributed by atoms with Crippen LogP contribution in [0.4, 0.5) is 10.1 Å². The molecule has 174 valence electrons. The van der Waals surface area contributed by atoms with Crippen LogP contribution in [0.15, 0.2) is 72.8 Å². The number of imidazole rings is 1. The number of fused-ring (bicyclic) bond motifs is 1. The summed E-state index contributed by atoms with van der Waals surface area (Å²) in [7, 11) is 0. The van der Waals surface area contributed by atoms with E-state index in [4.69, 9.17) is 9.72 Å². The Kier molecular flexibility index (Phi) is 6.02. The summed E-state index contributed by atoms with van der Waals surface area (Å²) >= 11 is 0. The number of carbonyl (C=O) groups is 1. The van der Waals surface area contributed by atoms with E-state index in [1.54, 1.807) is 17.0 Å². The van der Waals surface area contributed by atoms with Gasteiger partial charge >= 0.3 is 0 Å². The molecule has 4 aromatic rings. The molecule has 0 radical (unpaired) electrons. The maximum Gasteiger partial charge on any atom is 0.227 e. The average molecular weight is 460 g/mol. The topological polar surface area (TPSA) is 67.6 Å². The summed E-state index contributed by atoms with van der Waals surface area (Å²) in [5.41, 5.74) is 3.48. The molecule has 1 aliphatic rings. The second kappa shape index (κ2) is 9.27. The van der Waals surface area contributed by atoms with Gasteiger partial charge in [0, 0.05) is 24.6 Å². The summed E-state index contributed by atoms with van der Waals surface area (Å²) in [6.45, 7) is 2.87. The molecular weight excluding hydrogens is 433 g/mol. The predicted octanol–water partition coefficient (Wildman–Crippen LogP) is 4.44. The molecule has 1 N–H and O–H groups in total. The van der Waals surface area contributed by atoms with E-state index < -0.39 is 6.10 Å². The molecule has 2 heterocycles. The van der Waals surface area contributed by atoms with E-state index in [1.807, 2.05) is 60.0 Å². The van der Waals surface area contributed by atoms with E-state index in [2.05, 4.69) is 0 Å². The number of carbonyl (C=O) groups excluding carboxylic acids is 1. The Balaban J connectivity index is 1.38. The van der Waals surface area contributed by atoms with Crippen molar-refractivity contribution in [1.82, 2.24) is 9.55 Å². The van der Waals surface area contributed by atoms with Crippen LogP contribution in [0.5, 0.6) is 5.75 Å². The summed E-state index contributed by atoms with van der Waals surface area (Å²) in [6.07, 6.45) is -0.460. The molecule has 5 rings (SSSR count). The molecule has 1 saturated heterocycles. The van der Waals surface area contributed by atoms with Gasteiger partial charge < -0.3 is 19.3 Å². The molecule has 0 aliphatic carbocycles. The van der Waals surface area contributed by atoms with Crippen molar-refractivity contribution in [2.75, 3.05) is 18.1 Å². The number of para-hydroxylation sites is 2. The fourth-order valence-electron chi connectivity index (χ4n) is 4.51. The molecule has 1 amide bonds. The molecule has 7 heteroatoms. The molecule has 6 nitrogen and oxygen atoms in total. The molecule has 0 spiro atoms. The van der Waals surface area contributed by atoms with Crippen LogP contribution in [0.25, 0.3) is 11.0 Å². The Morgan fingerprint density at radius 1 is 1.12 bits per heavy atom. The zero-order valence-electron chi connectivity index (χ0n) is 18.9. The van der Waals surface area contributed by atoms with Crippen LogP contribution in [0.1, 0.15) is 23.7 Å². The molecule has 2 atom stereocenters. The number of hydrogen-bond acceptors (Lipinski definition) is 4. The smallest absolute Gasteiger partial charge is 0.227 e. The van der Waals surface area contributed by atoms with Crippen molar-refractivity contribution in [3.63, 3.8) is 0 Å². The zero-order chi connectivity index (χ0) is 23.7. The van der Waals surface area contributed by atoms with E-state index in [1.165, 1.54) is 12.1 Å². The summed E-state index contributed by atoms with van der Waals surface area (Å²) in [6, 6.07) is 21.4. The Labute approximate surface area is 197 Å². The minimum atomic E-state index is -0.762. The first kappa shape index (κ1) is 22.1. The van der Waals surface area contributed by atoms with Crippen molar-refractivity contribution >= 4 is 22.6 Å². The monoisotopic (exact) mass is 459 g/mol. The number of aryl methyl sites for hydroxylation is 1. The van der Waals surface area contributed by atoms with Gasteiger partial charge in [0.2, 0.25) is 5.91 Å². The lowest BCUT2D eigenvalue weighted by atomic mass is 10.1. The second-order valence-corrected chi connectivity index (χ2v) is 8.73. The van der Waals surface area contributed by atoms with Gasteiger partial charge in [0.15, 0.2) is 0 Å². The van der Waals surface area contributed by atoms with Crippen LogP contribution in [0.2, 0.25) is 0 Å². The number of aliphatic hydroxyl groups is 1. The van der Waals surface area contributed by atoms with E-state index in [0.29, 0.717) is 30.9 Å². The van der Waals surface area contributed by atoms with E-state index in [0.717, 1.165) is 22.4 Å². The molecule has 1 aliphatic heterocycles. The number of halogens is 1. The Morgan fingerprint density at radius 2 is 1.91 bits per heavy atom. The lowest BCUT2D eigenvalue weighted by Gasteiger charge is -2.19. The number of aromatic nitrogens is 2. The van der Waals surface area contributed by atoms with Gasteiger partial charge in [-0.2, -0.15) is 0 Å². The maximum absolute atomic E-state index is 13.3. The standard InChI is InChI=1S/C27H26FN3O3/c1-18-5-4-6-23(13-18)34-17-22(32)16-31-25-8-3-2-7-24(25)29-27(31)19-14-26(33)30(15-19)21-11-9-20(28)10-12-21/h2-13,19,22,32H,14-17H2,1H3. The van der Waals surface area contributed by atoms with Crippen molar-refractivity contribution in [1.29, 1.82) is 0 Å². The maximum atomic E-state index is 13.3. The third kappa shape index (κ3) is 4.52. The molecule has 34 heavy (non-hydrogen) atoms. The van der Waals surface area contributed by atoms with Crippen LogP contribution in [-0.4, -0.2) is 39.8 Å². The molecule has 0 bridgehead atoms. The Morgan fingerprint density at radius 3 is 2.71 bits per heavy atom. The first-order chi connectivity index (χ1) is 16.5. The fraction of sp³-hybridized carbons (Fsp3) is 0.259. The molecule has 1 fully saturated rings. The highest BCUT2D eigenvalue weighted by Gasteiger charge is 2.35. The predicted molar refractivity (Wildman–Crippen MR) is 129 cm³/mol. The van der Waals surface area contributed by atoms with Gasteiger partial charge in [-0.25, -0.2) is 9.37 Å². The van der Waals surface area contributed by atoms with E-state index >= 15 is 0 Å². The number of ether oxygens (including phenoxy) is 1. The molecule has 0 saturated carbocycles. The summed E-state index contributed by atoms with van der Waals surface area (Å²) < 4.78 is 21.1. The first-order valence-corrected chi connectivity index (χ1v) is 11.4. The molecule has 2 unspecified atom stereocenters. The number of benzene rings is 3. The average Bonchev–Trinajstić information content (AvgIpc) is 3.39.